The maximum absolute atomic E-state index is 11.4. The van der Waals surface area contributed by atoms with E-state index in [2.05, 4.69) is 3.63 Å². The Hall–Kier alpha value is -1.16. The predicted molar refractivity (Wildman–Crippen MR) is 57.1 cm³/mol. The van der Waals surface area contributed by atoms with E-state index in [1.165, 1.54) is 12.1 Å². The van der Waals surface area contributed by atoms with Crippen LogP contribution in [-0.4, -0.2) is 22.7 Å². The molecule has 16 heavy (non-hydrogen) atoms. The van der Waals surface area contributed by atoms with Crippen molar-refractivity contribution >= 4 is 25.9 Å². The summed E-state index contributed by atoms with van der Waals surface area (Å²) in [6.07, 6.45) is 0. The van der Waals surface area contributed by atoms with Crippen molar-refractivity contribution < 1.29 is 20.5 Å². The Bertz CT molecular complexity index is 561. The molecule has 0 aromatic heterocycles. The van der Waals surface area contributed by atoms with Gasteiger partial charge >= 0.3 is 10.1 Å². The van der Waals surface area contributed by atoms with Crippen LogP contribution in [0.3, 0.4) is 0 Å². The fourth-order valence-corrected chi connectivity index (χ4v) is 2.94. The third-order valence-corrected chi connectivity index (χ3v) is 4.37. The van der Waals surface area contributed by atoms with E-state index in [1.807, 2.05) is 0 Å². The number of hydrogen-bond acceptors (Lipinski definition) is 7. The summed E-state index contributed by atoms with van der Waals surface area (Å²) in [6.45, 7) is 0. The van der Waals surface area contributed by atoms with E-state index in [4.69, 9.17) is 11.5 Å². The Kier molecular flexibility index (Phi) is 3.53. The summed E-state index contributed by atoms with van der Waals surface area (Å²) in [5, 5.41) is 0. The Morgan fingerprint density at radius 2 is 1.56 bits per heavy atom. The van der Waals surface area contributed by atoms with Crippen molar-refractivity contribution in [1.29, 1.82) is 0 Å². The molecule has 0 fully saturated rings. The molecule has 0 unspecified atom stereocenters. The highest BCUT2D eigenvalue weighted by Crippen LogP contribution is 2.16. The molecule has 7 nitrogen and oxygen atoms in total. The molecule has 0 saturated heterocycles. The molecule has 0 spiro atoms. The second kappa shape index (κ2) is 4.37. The molecular formula is C7H10N2O5S2. The van der Waals surface area contributed by atoms with Crippen LogP contribution in [0.1, 0.15) is 0 Å². The van der Waals surface area contributed by atoms with Gasteiger partial charge in [0.15, 0.2) is 0 Å². The number of rotatable bonds is 4. The monoisotopic (exact) mass is 266 g/mol. The third kappa shape index (κ3) is 3.17. The summed E-state index contributed by atoms with van der Waals surface area (Å²) in [5.74, 6) is -0.915. The van der Waals surface area contributed by atoms with Gasteiger partial charge in [-0.05, 0) is 24.3 Å². The molecule has 1 aromatic carbocycles. The van der Waals surface area contributed by atoms with Crippen molar-refractivity contribution in [3.05, 3.63) is 24.3 Å². The molecule has 0 amide bonds. The lowest BCUT2D eigenvalue weighted by Gasteiger charge is -2.04. The highest BCUT2D eigenvalue weighted by Gasteiger charge is 2.23. The zero-order valence-corrected chi connectivity index (χ0v) is 9.66. The van der Waals surface area contributed by atoms with Gasteiger partial charge in [0.2, 0.25) is 0 Å². The van der Waals surface area contributed by atoms with Crippen LogP contribution in [-0.2, 0) is 23.9 Å². The fourth-order valence-electron chi connectivity index (χ4n) is 0.838. The van der Waals surface area contributed by atoms with Crippen molar-refractivity contribution in [2.45, 2.75) is 4.90 Å². The normalized spacial score (nSPS) is 12.6. The minimum Gasteiger partial charge on any atom is -0.399 e. The molecule has 0 bridgehead atoms. The summed E-state index contributed by atoms with van der Waals surface area (Å²) in [5.41, 5.74) is 10.5. The van der Waals surface area contributed by atoms with E-state index in [-0.39, 0.29) is 4.90 Å². The largest absolute Gasteiger partial charge is 0.399 e. The number of hydrogen-bond donors (Lipinski definition) is 2. The van der Waals surface area contributed by atoms with Crippen LogP contribution in [0.15, 0.2) is 29.2 Å². The lowest BCUT2D eigenvalue weighted by Crippen LogP contribution is -2.21. The fraction of sp³-hybridized carbons (Fsp3) is 0.143. The summed E-state index contributed by atoms with van der Waals surface area (Å²) in [7, 11) is -8.65. The predicted octanol–water partition coefficient (Wildman–Crippen LogP) is -0.780. The van der Waals surface area contributed by atoms with E-state index in [0.717, 1.165) is 12.1 Å². The Labute approximate surface area is 93.3 Å². The molecule has 0 atom stereocenters. The van der Waals surface area contributed by atoms with Crippen LogP contribution in [0.5, 0.6) is 0 Å². The van der Waals surface area contributed by atoms with Crippen LogP contribution in [0.2, 0.25) is 0 Å². The Morgan fingerprint density at radius 1 is 1.06 bits per heavy atom. The standard InChI is InChI=1S/C7H10N2O5S2/c8-5-15(10,11)14-16(12,13)7-3-1-6(9)2-4-7/h1-4H,5,8-9H2. The van der Waals surface area contributed by atoms with Gasteiger partial charge in [0.1, 0.15) is 5.88 Å². The van der Waals surface area contributed by atoms with Crippen molar-refractivity contribution in [1.82, 2.24) is 0 Å². The molecule has 90 valence electrons. The molecule has 1 rings (SSSR count). The lowest BCUT2D eigenvalue weighted by atomic mass is 10.3. The van der Waals surface area contributed by atoms with Gasteiger partial charge in [-0.25, -0.2) is 0 Å². The first-order valence-electron chi connectivity index (χ1n) is 4.01. The highest BCUT2D eigenvalue weighted by molar-refractivity contribution is 7.99. The number of nitrogen functional groups attached to an aromatic ring is 1. The summed E-state index contributed by atoms with van der Waals surface area (Å²) in [6, 6.07) is 4.89. The van der Waals surface area contributed by atoms with Gasteiger partial charge in [-0.15, -0.1) is 3.63 Å². The summed E-state index contributed by atoms with van der Waals surface area (Å²) >= 11 is 0. The first-order valence-corrected chi connectivity index (χ1v) is 7.00. The SMILES string of the molecule is NCS(=O)(=O)OS(=O)(=O)c1ccc(N)cc1. The molecular weight excluding hydrogens is 256 g/mol. The molecule has 4 N–H and O–H groups in total. The van der Waals surface area contributed by atoms with Crippen LogP contribution < -0.4 is 11.5 Å². The van der Waals surface area contributed by atoms with E-state index < -0.39 is 26.1 Å². The van der Waals surface area contributed by atoms with Crippen LogP contribution in [0, 0.1) is 0 Å². The highest BCUT2D eigenvalue weighted by atomic mass is 32.3. The maximum Gasteiger partial charge on any atom is 0.311 e. The van der Waals surface area contributed by atoms with Gasteiger partial charge in [0.25, 0.3) is 10.1 Å². The number of nitrogens with two attached hydrogens (primary N) is 2. The molecule has 9 heteroatoms. The first-order chi connectivity index (χ1) is 7.27. The molecule has 0 heterocycles. The summed E-state index contributed by atoms with van der Waals surface area (Å²) in [4.78, 5) is -0.307. The molecule has 1 aromatic rings. The molecule has 0 radical (unpaired) electrons. The first kappa shape index (κ1) is 12.9. The average Bonchev–Trinajstić information content (AvgIpc) is 2.17. The zero-order valence-electron chi connectivity index (χ0n) is 8.03. The van der Waals surface area contributed by atoms with E-state index in [0.29, 0.717) is 5.69 Å². The van der Waals surface area contributed by atoms with Crippen molar-refractivity contribution in [3.63, 3.8) is 0 Å². The van der Waals surface area contributed by atoms with Gasteiger partial charge < -0.3 is 11.5 Å². The number of anilines is 1. The second-order valence-electron chi connectivity index (χ2n) is 2.82. The van der Waals surface area contributed by atoms with E-state index >= 15 is 0 Å². The van der Waals surface area contributed by atoms with Crippen molar-refractivity contribution in [3.8, 4) is 0 Å². The lowest BCUT2D eigenvalue weighted by molar-refractivity contribution is 0.462. The molecule has 0 aliphatic heterocycles. The molecule has 0 aliphatic rings. The van der Waals surface area contributed by atoms with E-state index in [1.54, 1.807) is 0 Å². The molecule has 0 aliphatic carbocycles. The quantitative estimate of drug-likeness (QED) is 0.683. The van der Waals surface area contributed by atoms with Crippen LogP contribution in [0.25, 0.3) is 0 Å². The van der Waals surface area contributed by atoms with Crippen molar-refractivity contribution in [2.24, 2.45) is 5.73 Å². The zero-order chi connectivity index (χ0) is 12.4. The summed E-state index contributed by atoms with van der Waals surface area (Å²) < 4.78 is 48.6. The Balaban J connectivity index is 3.09. The van der Waals surface area contributed by atoms with Gasteiger partial charge in [0.05, 0.1) is 4.90 Å². The topological polar surface area (TPSA) is 130 Å². The van der Waals surface area contributed by atoms with Gasteiger partial charge in [-0.1, -0.05) is 0 Å². The second-order valence-corrected chi connectivity index (χ2v) is 6.19. The van der Waals surface area contributed by atoms with Gasteiger partial charge in [-0.2, -0.15) is 16.8 Å². The van der Waals surface area contributed by atoms with Gasteiger partial charge in [0, 0.05) is 5.69 Å². The van der Waals surface area contributed by atoms with Crippen LogP contribution >= 0.6 is 0 Å². The van der Waals surface area contributed by atoms with E-state index in [9.17, 15) is 16.8 Å². The minimum absolute atomic E-state index is 0.307. The number of benzene rings is 1. The van der Waals surface area contributed by atoms with Gasteiger partial charge in [-0.3, -0.25) is 0 Å². The molecule has 0 saturated carbocycles. The average molecular weight is 266 g/mol. The third-order valence-electron chi connectivity index (χ3n) is 1.57. The van der Waals surface area contributed by atoms with Crippen LogP contribution in [0.4, 0.5) is 5.69 Å². The smallest absolute Gasteiger partial charge is 0.311 e. The minimum atomic E-state index is -4.37. The maximum atomic E-state index is 11.4. The van der Waals surface area contributed by atoms with Crippen molar-refractivity contribution in [2.75, 3.05) is 11.6 Å². The Morgan fingerprint density at radius 3 is 2.00 bits per heavy atom.